The molecule has 0 aliphatic carbocycles. The van der Waals surface area contributed by atoms with E-state index in [9.17, 15) is 0 Å². The maximum absolute atomic E-state index is 5.71. The Balaban J connectivity index is 1.58. The summed E-state index contributed by atoms with van der Waals surface area (Å²) in [7, 11) is 0. The molecule has 1 saturated heterocycles. The van der Waals surface area contributed by atoms with Gasteiger partial charge < -0.3 is 14.8 Å². The summed E-state index contributed by atoms with van der Waals surface area (Å²) in [5.41, 5.74) is 0.987. The van der Waals surface area contributed by atoms with E-state index in [0.717, 1.165) is 31.9 Å². The van der Waals surface area contributed by atoms with Gasteiger partial charge in [0, 0.05) is 24.6 Å². The van der Waals surface area contributed by atoms with E-state index in [4.69, 9.17) is 9.47 Å². The highest BCUT2D eigenvalue weighted by atomic mass is 32.1. The molecule has 1 aromatic heterocycles. The average Bonchev–Trinajstić information content (AvgIpc) is 2.96. The highest BCUT2D eigenvalue weighted by molar-refractivity contribution is 7.03. The van der Waals surface area contributed by atoms with Crippen LogP contribution in [0.3, 0.4) is 0 Å². The number of rotatable bonds is 6. The van der Waals surface area contributed by atoms with Gasteiger partial charge in [-0.3, -0.25) is 0 Å². The Morgan fingerprint density at radius 1 is 1.75 bits per heavy atom. The maximum atomic E-state index is 5.71. The lowest BCUT2D eigenvalue weighted by atomic mass is 10.3. The molecule has 2 unspecified atom stereocenters. The fourth-order valence-electron chi connectivity index (χ4n) is 1.52. The summed E-state index contributed by atoms with van der Waals surface area (Å²) in [6.07, 6.45) is 1.30. The summed E-state index contributed by atoms with van der Waals surface area (Å²) in [6, 6.07) is 0.322. The van der Waals surface area contributed by atoms with Gasteiger partial charge in [0.1, 0.15) is 0 Å². The van der Waals surface area contributed by atoms with Gasteiger partial charge in [0.2, 0.25) is 0 Å². The van der Waals surface area contributed by atoms with Crippen LogP contribution in [-0.4, -0.2) is 41.6 Å². The van der Waals surface area contributed by atoms with Gasteiger partial charge in [0.15, 0.2) is 0 Å². The summed E-state index contributed by atoms with van der Waals surface area (Å²) >= 11 is 1.38. The van der Waals surface area contributed by atoms with Crippen LogP contribution in [0.2, 0.25) is 0 Å². The molecule has 6 heteroatoms. The third-order valence-electron chi connectivity index (χ3n) is 2.51. The zero-order valence-corrected chi connectivity index (χ0v) is 10.2. The Morgan fingerprint density at radius 3 is 3.38 bits per heavy atom. The first-order chi connectivity index (χ1) is 7.84. The quantitative estimate of drug-likeness (QED) is 0.801. The van der Waals surface area contributed by atoms with Crippen molar-refractivity contribution in [2.75, 3.05) is 19.8 Å². The van der Waals surface area contributed by atoms with Crippen molar-refractivity contribution in [3.8, 4) is 0 Å². The van der Waals surface area contributed by atoms with E-state index < -0.39 is 0 Å². The number of nitrogens with zero attached hydrogens (tertiary/aromatic N) is 2. The zero-order valence-electron chi connectivity index (χ0n) is 9.39. The van der Waals surface area contributed by atoms with Crippen LogP contribution >= 0.6 is 11.5 Å². The van der Waals surface area contributed by atoms with Crippen LogP contribution in [-0.2, 0) is 16.0 Å². The number of ether oxygens (including phenoxy) is 2. The van der Waals surface area contributed by atoms with E-state index in [1.54, 1.807) is 0 Å². The van der Waals surface area contributed by atoms with Gasteiger partial charge in [-0.1, -0.05) is 4.49 Å². The lowest BCUT2D eigenvalue weighted by molar-refractivity contribution is 0.0322. The largest absolute Gasteiger partial charge is 0.379 e. The molecule has 1 N–H and O–H groups in total. The molecule has 1 aliphatic rings. The Morgan fingerprint density at radius 2 is 2.69 bits per heavy atom. The molecule has 1 aromatic rings. The molecule has 0 aromatic carbocycles. The molecule has 90 valence electrons. The second-order valence-corrected chi connectivity index (χ2v) is 4.61. The van der Waals surface area contributed by atoms with Crippen LogP contribution in [0.15, 0.2) is 5.38 Å². The summed E-state index contributed by atoms with van der Waals surface area (Å²) in [5.74, 6) is 0. The van der Waals surface area contributed by atoms with E-state index >= 15 is 0 Å². The molecule has 5 nitrogen and oxygen atoms in total. The van der Waals surface area contributed by atoms with E-state index in [0.29, 0.717) is 12.6 Å². The third-order valence-corrected chi connectivity index (χ3v) is 3.06. The Hall–Kier alpha value is -0.560. The second-order valence-electron chi connectivity index (χ2n) is 4.00. The minimum atomic E-state index is 0.283. The van der Waals surface area contributed by atoms with Gasteiger partial charge in [-0.25, -0.2) is 0 Å². The highest BCUT2D eigenvalue weighted by Crippen LogP contribution is 2.08. The first kappa shape index (κ1) is 11.9. The van der Waals surface area contributed by atoms with Crippen molar-refractivity contribution in [1.82, 2.24) is 14.9 Å². The fourth-order valence-corrected chi connectivity index (χ4v) is 1.97. The Kier molecular flexibility index (Phi) is 4.65. The van der Waals surface area contributed by atoms with Gasteiger partial charge in [-0.15, -0.1) is 5.10 Å². The van der Waals surface area contributed by atoms with Gasteiger partial charge >= 0.3 is 0 Å². The van der Waals surface area contributed by atoms with E-state index in [1.165, 1.54) is 11.5 Å². The number of nitrogens with one attached hydrogen (secondary N) is 1. The second kappa shape index (κ2) is 6.24. The molecule has 2 rings (SSSR count). The Bertz CT molecular complexity index is 288. The molecule has 1 fully saturated rings. The number of aromatic nitrogens is 2. The lowest BCUT2D eigenvalue weighted by Gasteiger charge is -2.16. The average molecular weight is 243 g/mol. The van der Waals surface area contributed by atoms with Crippen molar-refractivity contribution < 1.29 is 9.47 Å². The van der Waals surface area contributed by atoms with Crippen LogP contribution in [0.25, 0.3) is 0 Å². The minimum absolute atomic E-state index is 0.283. The topological polar surface area (TPSA) is 56.3 Å². The van der Waals surface area contributed by atoms with Crippen molar-refractivity contribution in [2.24, 2.45) is 0 Å². The van der Waals surface area contributed by atoms with Crippen LogP contribution in [0.4, 0.5) is 0 Å². The van der Waals surface area contributed by atoms with Gasteiger partial charge in [-0.2, -0.15) is 0 Å². The molecule has 1 aliphatic heterocycles. The highest BCUT2D eigenvalue weighted by Gasteiger charge is 2.16. The standard InChI is InChI=1S/C10H17N3O2S/c1-8(5-15-10-2-3-14-6-10)11-4-9-7-16-13-12-9/h7-8,10-11H,2-6H2,1H3. The summed E-state index contributed by atoms with van der Waals surface area (Å²) in [5, 5.41) is 9.27. The maximum Gasteiger partial charge on any atom is 0.0893 e. The molecule has 2 heterocycles. The lowest BCUT2D eigenvalue weighted by Crippen LogP contribution is -2.32. The minimum Gasteiger partial charge on any atom is -0.379 e. The summed E-state index contributed by atoms with van der Waals surface area (Å²) in [4.78, 5) is 0. The van der Waals surface area contributed by atoms with Crippen LogP contribution in [0.5, 0.6) is 0 Å². The smallest absolute Gasteiger partial charge is 0.0893 e. The van der Waals surface area contributed by atoms with Crippen molar-refractivity contribution >= 4 is 11.5 Å². The zero-order chi connectivity index (χ0) is 11.2. The predicted molar refractivity (Wildman–Crippen MR) is 61.4 cm³/mol. The molecule has 0 amide bonds. The van der Waals surface area contributed by atoms with Crippen LogP contribution in [0, 0.1) is 0 Å². The summed E-state index contributed by atoms with van der Waals surface area (Å²) in [6.45, 7) is 5.14. The molecule has 16 heavy (non-hydrogen) atoms. The number of hydrogen-bond donors (Lipinski definition) is 1. The Labute approximate surface area is 99.3 Å². The van der Waals surface area contributed by atoms with Gasteiger partial charge in [0.05, 0.1) is 25.0 Å². The van der Waals surface area contributed by atoms with Gasteiger partial charge in [0.25, 0.3) is 0 Å². The molecular weight excluding hydrogens is 226 g/mol. The third kappa shape index (κ3) is 3.79. The molecule has 0 spiro atoms. The van der Waals surface area contributed by atoms with E-state index in [-0.39, 0.29) is 6.10 Å². The molecule has 0 radical (unpaired) electrons. The fraction of sp³-hybridized carbons (Fsp3) is 0.800. The SMILES string of the molecule is CC(COC1CCOC1)NCc1csnn1. The molecular formula is C10H17N3O2S. The first-order valence-electron chi connectivity index (χ1n) is 5.53. The van der Waals surface area contributed by atoms with E-state index in [2.05, 4.69) is 21.8 Å². The van der Waals surface area contributed by atoms with E-state index in [1.807, 2.05) is 5.38 Å². The van der Waals surface area contributed by atoms with Crippen LogP contribution < -0.4 is 5.32 Å². The normalized spacial score (nSPS) is 22.4. The van der Waals surface area contributed by atoms with Gasteiger partial charge in [-0.05, 0) is 24.9 Å². The molecule has 0 bridgehead atoms. The molecule has 2 atom stereocenters. The van der Waals surface area contributed by atoms with Crippen molar-refractivity contribution in [3.63, 3.8) is 0 Å². The first-order valence-corrected chi connectivity index (χ1v) is 6.37. The predicted octanol–water partition coefficient (Wildman–Crippen LogP) is 0.822. The van der Waals surface area contributed by atoms with Crippen LogP contribution in [0.1, 0.15) is 19.0 Å². The monoisotopic (exact) mass is 243 g/mol. The number of hydrogen-bond acceptors (Lipinski definition) is 6. The molecule has 0 saturated carbocycles. The summed E-state index contributed by atoms with van der Waals surface area (Å²) < 4.78 is 14.8. The van der Waals surface area contributed by atoms with Crippen molar-refractivity contribution in [3.05, 3.63) is 11.1 Å². The van der Waals surface area contributed by atoms with Crippen molar-refractivity contribution in [2.45, 2.75) is 32.0 Å². The van der Waals surface area contributed by atoms with Crippen molar-refractivity contribution in [1.29, 1.82) is 0 Å².